The number of esters is 2. The maximum atomic E-state index is 12.5. The Morgan fingerprint density at radius 3 is 1.97 bits per heavy atom. The van der Waals surface area contributed by atoms with E-state index in [0.717, 1.165) is 42.9 Å². The first-order chi connectivity index (χ1) is 14.2. The summed E-state index contributed by atoms with van der Waals surface area (Å²) >= 11 is 3.39. The van der Waals surface area contributed by atoms with E-state index in [4.69, 9.17) is 17.3 Å². The lowest BCUT2D eigenvalue weighted by Gasteiger charge is -2.25. The predicted octanol–water partition coefficient (Wildman–Crippen LogP) is 5.67. The fraction of sp³-hybridized carbons (Fsp3) is 0.792. The lowest BCUT2D eigenvalue weighted by atomic mass is 9.77. The molecule has 0 fully saturated rings. The highest BCUT2D eigenvalue weighted by Crippen LogP contribution is 2.26. The van der Waals surface area contributed by atoms with Gasteiger partial charge in [-0.1, -0.05) is 21.5 Å². The highest BCUT2D eigenvalue weighted by molar-refractivity contribution is 9.09. The highest BCUT2D eigenvalue weighted by atomic mass is 79.9. The van der Waals surface area contributed by atoms with E-state index in [9.17, 15) is 14.4 Å². The maximum Gasteiger partial charge on any atom is 0.312 e. The van der Waals surface area contributed by atoms with Gasteiger partial charge in [-0.15, -0.1) is 5.47 Å². The minimum atomic E-state index is -0.608. The van der Waals surface area contributed by atoms with E-state index in [1.54, 1.807) is 6.92 Å². The van der Waals surface area contributed by atoms with Crippen molar-refractivity contribution in [1.82, 2.24) is 0 Å². The van der Waals surface area contributed by atoms with Crippen molar-refractivity contribution >= 4 is 42.0 Å². The van der Waals surface area contributed by atoms with E-state index < -0.39 is 17.1 Å². The number of aldehydes is 1. The number of alkyl halides is 1. The molecule has 0 aliphatic carbocycles. The molecular weight excluding hydrogens is 459 g/mol. The van der Waals surface area contributed by atoms with Crippen LogP contribution in [0, 0.1) is 11.8 Å². The number of rotatable bonds is 13. The summed E-state index contributed by atoms with van der Waals surface area (Å²) in [7, 11) is 6.38. The number of hydrogen-bond donors (Lipinski definition) is 0. The Hall–Kier alpha value is -1.11. The first kappa shape index (κ1) is 29.9. The van der Waals surface area contributed by atoms with Crippen molar-refractivity contribution in [2.45, 2.75) is 105 Å². The number of hydrogen-bond acceptors (Lipinski definition) is 5. The molecule has 2 radical (unpaired) electrons. The largest absolute Gasteiger partial charge is 0.460 e. The molecular formula is C24H40BBrO5. The van der Waals surface area contributed by atoms with Crippen LogP contribution in [0.15, 0.2) is 11.0 Å². The van der Waals surface area contributed by atoms with Crippen LogP contribution in [0.2, 0.25) is 0 Å². The van der Waals surface area contributed by atoms with Gasteiger partial charge in [-0.25, -0.2) is 0 Å². The van der Waals surface area contributed by atoms with Crippen molar-refractivity contribution in [3.8, 4) is 0 Å². The van der Waals surface area contributed by atoms with Crippen LogP contribution < -0.4 is 0 Å². The molecule has 0 saturated carbocycles. The van der Waals surface area contributed by atoms with E-state index in [1.807, 2.05) is 41.5 Å². The molecule has 0 bridgehead atoms. The molecule has 0 aromatic heterocycles. The Labute approximate surface area is 198 Å². The molecule has 0 saturated heterocycles. The zero-order valence-electron chi connectivity index (χ0n) is 20.4. The van der Waals surface area contributed by atoms with Crippen LogP contribution in [-0.2, 0) is 23.9 Å². The van der Waals surface area contributed by atoms with Gasteiger partial charge in [0.1, 0.15) is 25.3 Å². The SMILES string of the molecule is [B]C(=C(CCCC(C=O)CCCBr)CCC(=O)OC(C)(C)C)C(C)C(=O)OC(C)(C)C. The number of ether oxygens (including phenoxy) is 2. The van der Waals surface area contributed by atoms with Gasteiger partial charge in [0, 0.05) is 17.7 Å². The first-order valence-electron chi connectivity index (χ1n) is 11.1. The van der Waals surface area contributed by atoms with Crippen molar-refractivity contribution in [3.63, 3.8) is 0 Å². The van der Waals surface area contributed by atoms with Crippen molar-refractivity contribution in [2.75, 3.05) is 5.33 Å². The Balaban J connectivity index is 5.30. The maximum absolute atomic E-state index is 12.5. The van der Waals surface area contributed by atoms with E-state index in [1.165, 1.54) is 0 Å². The lowest BCUT2D eigenvalue weighted by molar-refractivity contribution is -0.158. The van der Waals surface area contributed by atoms with Crippen molar-refractivity contribution in [2.24, 2.45) is 11.8 Å². The van der Waals surface area contributed by atoms with Crippen molar-refractivity contribution < 1.29 is 23.9 Å². The van der Waals surface area contributed by atoms with Crippen LogP contribution in [-0.4, -0.2) is 42.6 Å². The van der Waals surface area contributed by atoms with E-state index >= 15 is 0 Å². The Morgan fingerprint density at radius 2 is 1.48 bits per heavy atom. The van der Waals surface area contributed by atoms with Gasteiger partial charge in [-0.3, -0.25) is 9.59 Å². The summed E-state index contributed by atoms with van der Waals surface area (Å²) in [5, 5.41) is 0.874. The molecule has 0 rings (SSSR count). The number of allylic oxidation sites excluding steroid dienone is 1. The van der Waals surface area contributed by atoms with Gasteiger partial charge in [-0.2, -0.15) is 0 Å². The zero-order chi connectivity index (χ0) is 24.2. The Kier molecular flexibility index (Phi) is 13.6. The lowest BCUT2D eigenvalue weighted by Crippen LogP contribution is -2.29. The van der Waals surface area contributed by atoms with Crippen LogP contribution in [0.4, 0.5) is 0 Å². The molecule has 0 aromatic carbocycles. The van der Waals surface area contributed by atoms with E-state index in [0.29, 0.717) is 18.3 Å². The fourth-order valence-corrected chi connectivity index (χ4v) is 3.40. The fourth-order valence-electron chi connectivity index (χ4n) is 3.08. The summed E-state index contributed by atoms with van der Waals surface area (Å²) in [4.78, 5) is 36.0. The average molecular weight is 499 g/mol. The van der Waals surface area contributed by atoms with Crippen LogP contribution >= 0.6 is 15.9 Å². The predicted molar refractivity (Wildman–Crippen MR) is 129 cm³/mol. The second kappa shape index (κ2) is 14.1. The number of carbonyl (C=O) groups excluding carboxylic acids is 3. The summed E-state index contributed by atoms with van der Waals surface area (Å²) in [5.74, 6) is -1.29. The third-order valence-corrected chi connectivity index (χ3v) is 5.20. The third kappa shape index (κ3) is 14.6. The molecule has 31 heavy (non-hydrogen) atoms. The normalized spacial score (nSPS) is 15.0. The average Bonchev–Trinajstić information content (AvgIpc) is 2.62. The first-order valence-corrected chi connectivity index (χ1v) is 12.3. The van der Waals surface area contributed by atoms with Crippen LogP contribution in [0.1, 0.15) is 93.4 Å². The quantitative estimate of drug-likeness (QED) is 0.141. The molecule has 0 heterocycles. The second-order valence-electron chi connectivity index (χ2n) is 10.0. The monoisotopic (exact) mass is 498 g/mol. The molecule has 5 nitrogen and oxygen atoms in total. The Bertz CT molecular complexity index is 616. The van der Waals surface area contributed by atoms with Gasteiger partial charge < -0.3 is 14.3 Å². The minimum Gasteiger partial charge on any atom is -0.460 e. The summed E-state index contributed by atoms with van der Waals surface area (Å²) in [5.41, 5.74) is 0.146. The zero-order valence-corrected chi connectivity index (χ0v) is 22.0. The van der Waals surface area contributed by atoms with Crippen molar-refractivity contribution in [3.05, 3.63) is 11.0 Å². The molecule has 7 heteroatoms. The smallest absolute Gasteiger partial charge is 0.312 e. The minimum absolute atomic E-state index is 0.00848. The molecule has 0 amide bonds. The summed E-state index contributed by atoms with van der Waals surface area (Å²) in [6.07, 6.45) is 5.55. The van der Waals surface area contributed by atoms with Gasteiger partial charge in [0.15, 0.2) is 0 Å². The molecule has 2 atom stereocenters. The molecule has 0 aromatic rings. The molecule has 0 aliphatic rings. The highest BCUT2D eigenvalue weighted by Gasteiger charge is 2.24. The third-order valence-electron chi connectivity index (χ3n) is 4.64. The van der Waals surface area contributed by atoms with E-state index in [-0.39, 0.29) is 24.3 Å². The molecule has 0 spiro atoms. The van der Waals surface area contributed by atoms with Crippen LogP contribution in [0.25, 0.3) is 0 Å². The Morgan fingerprint density at radius 1 is 0.935 bits per heavy atom. The molecule has 2 unspecified atom stereocenters. The standard InChI is InChI=1S/C24H40BBrO5/c1-17(22(29)31-24(5,6)7)21(25)19(13-14-20(28)30-23(2,3)4)12-8-10-18(16-27)11-9-15-26/h16-18H,8-15H2,1-7H3. The molecule has 0 N–H and O–H groups in total. The van der Waals surface area contributed by atoms with Gasteiger partial charge in [0.05, 0.1) is 5.92 Å². The molecule has 176 valence electrons. The van der Waals surface area contributed by atoms with Gasteiger partial charge in [0.2, 0.25) is 0 Å². The summed E-state index contributed by atoms with van der Waals surface area (Å²) < 4.78 is 10.9. The van der Waals surface area contributed by atoms with Gasteiger partial charge in [0.25, 0.3) is 0 Å². The van der Waals surface area contributed by atoms with E-state index in [2.05, 4.69) is 15.9 Å². The number of carbonyl (C=O) groups is 3. The summed E-state index contributed by atoms with van der Waals surface area (Å²) in [6.45, 7) is 12.6. The van der Waals surface area contributed by atoms with Gasteiger partial charge in [-0.05, 0) is 87.0 Å². The number of halogens is 1. The van der Waals surface area contributed by atoms with Crippen LogP contribution in [0.5, 0.6) is 0 Å². The van der Waals surface area contributed by atoms with Crippen molar-refractivity contribution in [1.29, 1.82) is 0 Å². The second-order valence-corrected chi connectivity index (χ2v) is 10.8. The van der Waals surface area contributed by atoms with Gasteiger partial charge >= 0.3 is 11.9 Å². The topological polar surface area (TPSA) is 69.7 Å². The van der Waals surface area contributed by atoms with Crippen LogP contribution in [0.3, 0.4) is 0 Å². The summed E-state index contributed by atoms with van der Waals surface area (Å²) in [6, 6.07) is 0. The molecule has 0 aliphatic heterocycles.